The van der Waals surface area contributed by atoms with E-state index >= 15 is 0 Å². The Labute approximate surface area is 111 Å². The molecule has 2 nitrogen and oxygen atoms in total. The van der Waals surface area contributed by atoms with Crippen molar-refractivity contribution in [2.45, 2.75) is 17.6 Å². The molecule has 92 valence electrons. The Morgan fingerprint density at radius 2 is 1.94 bits per heavy atom. The molecule has 0 atom stereocenters. The Balaban J connectivity index is 2.03. The molecule has 1 amide bonds. The SMILES string of the molecule is Cc1cc(NC=O)ccc1SCc1ccccc1. The van der Waals surface area contributed by atoms with Crippen molar-refractivity contribution in [2.24, 2.45) is 0 Å². The van der Waals surface area contributed by atoms with Crippen molar-refractivity contribution >= 4 is 23.9 Å². The van der Waals surface area contributed by atoms with Gasteiger partial charge in [-0.25, -0.2) is 0 Å². The van der Waals surface area contributed by atoms with Crippen LogP contribution < -0.4 is 5.32 Å². The van der Waals surface area contributed by atoms with E-state index in [1.807, 2.05) is 30.0 Å². The number of amides is 1. The minimum Gasteiger partial charge on any atom is -0.329 e. The van der Waals surface area contributed by atoms with Gasteiger partial charge in [0, 0.05) is 16.3 Å². The lowest BCUT2D eigenvalue weighted by molar-refractivity contribution is -0.105. The number of benzene rings is 2. The number of nitrogens with one attached hydrogen (secondary N) is 1. The van der Waals surface area contributed by atoms with Gasteiger partial charge in [0.15, 0.2) is 0 Å². The van der Waals surface area contributed by atoms with Crippen molar-refractivity contribution in [3.8, 4) is 0 Å². The summed E-state index contributed by atoms with van der Waals surface area (Å²) in [5, 5.41) is 2.66. The lowest BCUT2D eigenvalue weighted by Crippen LogP contribution is -1.94. The zero-order valence-corrected chi connectivity index (χ0v) is 11.0. The molecule has 0 aliphatic carbocycles. The molecule has 18 heavy (non-hydrogen) atoms. The molecular weight excluding hydrogens is 242 g/mol. The number of thioether (sulfide) groups is 1. The number of hydrogen-bond acceptors (Lipinski definition) is 2. The Morgan fingerprint density at radius 3 is 2.61 bits per heavy atom. The number of rotatable bonds is 5. The fourth-order valence-electron chi connectivity index (χ4n) is 1.70. The quantitative estimate of drug-likeness (QED) is 0.651. The Morgan fingerprint density at radius 1 is 1.17 bits per heavy atom. The predicted molar refractivity (Wildman–Crippen MR) is 76.9 cm³/mol. The highest BCUT2D eigenvalue weighted by molar-refractivity contribution is 7.98. The summed E-state index contributed by atoms with van der Waals surface area (Å²) in [4.78, 5) is 11.6. The van der Waals surface area contributed by atoms with E-state index in [4.69, 9.17) is 0 Å². The Bertz CT molecular complexity index is 525. The summed E-state index contributed by atoms with van der Waals surface area (Å²) in [7, 11) is 0. The summed E-state index contributed by atoms with van der Waals surface area (Å²) in [5.41, 5.74) is 3.34. The third kappa shape index (κ3) is 3.37. The topological polar surface area (TPSA) is 29.1 Å². The van der Waals surface area contributed by atoms with Gasteiger partial charge in [0.05, 0.1) is 0 Å². The molecule has 1 N–H and O–H groups in total. The van der Waals surface area contributed by atoms with E-state index in [-0.39, 0.29) is 0 Å². The maximum atomic E-state index is 10.4. The summed E-state index contributed by atoms with van der Waals surface area (Å²) in [6, 6.07) is 16.4. The molecule has 3 heteroatoms. The standard InChI is InChI=1S/C15H15NOS/c1-12-9-14(16-11-17)7-8-15(12)18-10-13-5-3-2-4-6-13/h2-9,11H,10H2,1H3,(H,16,17). The minimum absolute atomic E-state index is 0.700. The zero-order valence-electron chi connectivity index (χ0n) is 10.2. The van der Waals surface area contributed by atoms with Crippen LogP contribution in [-0.2, 0) is 10.5 Å². The summed E-state index contributed by atoms with van der Waals surface area (Å²) in [6.45, 7) is 2.06. The van der Waals surface area contributed by atoms with Gasteiger partial charge in [-0.2, -0.15) is 0 Å². The second-order valence-electron chi connectivity index (χ2n) is 4.02. The predicted octanol–water partition coefficient (Wildman–Crippen LogP) is 3.86. The molecule has 0 spiro atoms. The molecule has 0 heterocycles. The van der Waals surface area contributed by atoms with Gasteiger partial charge >= 0.3 is 0 Å². The maximum absolute atomic E-state index is 10.4. The minimum atomic E-state index is 0.700. The van der Waals surface area contributed by atoms with E-state index in [2.05, 4.69) is 42.6 Å². The van der Waals surface area contributed by atoms with Crippen LogP contribution in [0.3, 0.4) is 0 Å². The molecule has 0 saturated carbocycles. The summed E-state index contributed by atoms with van der Waals surface area (Å²) in [6.07, 6.45) is 0.700. The Kier molecular flexibility index (Phi) is 4.42. The van der Waals surface area contributed by atoms with Crippen LogP contribution in [0.25, 0.3) is 0 Å². The lowest BCUT2D eigenvalue weighted by Gasteiger charge is -2.07. The van der Waals surface area contributed by atoms with Crippen molar-refractivity contribution in [1.29, 1.82) is 0 Å². The highest BCUT2D eigenvalue weighted by Gasteiger charge is 2.01. The van der Waals surface area contributed by atoms with Crippen LogP contribution in [0.15, 0.2) is 53.4 Å². The van der Waals surface area contributed by atoms with Crippen molar-refractivity contribution in [3.05, 3.63) is 59.7 Å². The number of anilines is 1. The molecule has 2 rings (SSSR count). The van der Waals surface area contributed by atoms with E-state index in [9.17, 15) is 4.79 Å². The first-order chi connectivity index (χ1) is 8.79. The lowest BCUT2D eigenvalue weighted by atomic mass is 10.2. The van der Waals surface area contributed by atoms with Gasteiger partial charge in [0.1, 0.15) is 0 Å². The van der Waals surface area contributed by atoms with Gasteiger partial charge in [0.2, 0.25) is 6.41 Å². The smallest absolute Gasteiger partial charge is 0.211 e. The third-order valence-electron chi connectivity index (χ3n) is 2.64. The van der Waals surface area contributed by atoms with Crippen molar-refractivity contribution < 1.29 is 4.79 Å². The highest BCUT2D eigenvalue weighted by atomic mass is 32.2. The van der Waals surface area contributed by atoms with Gasteiger partial charge in [-0.3, -0.25) is 4.79 Å². The fraction of sp³-hybridized carbons (Fsp3) is 0.133. The Hall–Kier alpha value is -1.74. The molecule has 0 bridgehead atoms. The largest absolute Gasteiger partial charge is 0.329 e. The molecule has 0 saturated heterocycles. The molecule has 0 aromatic heterocycles. The van der Waals surface area contributed by atoms with Gasteiger partial charge in [-0.15, -0.1) is 11.8 Å². The maximum Gasteiger partial charge on any atom is 0.211 e. The normalized spacial score (nSPS) is 10.1. The van der Waals surface area contributed by atoms with Crippen molar-refractivity contribution in [2.75, 3.05) is 5.32 Å². The second-order valence-corrected chi connectivity index (χ2v) is 5.03. The molecule has 0 unspecified atom stereocenters. The van der Waals surface area contributed by atoms with Crippen LogP contribution in [-0.4, -0.2) is 6.41 Å². The van der Waals surface area contributed by atoms with Gasteiger partial charge in [-0.05, 0) is 36.2 Å². The average molecular weight is 257 g/mol. The van der Waals surface area contributed by atoms with Crippen LogP contribution >= 0.6 is 11.8 Å². The van der Waals surface area contributed by atoms with Crippen LogP contribution in [0.5, 0.6) is 0 Å². The summed E-state index contributed by atoms with van der Waals surface area (Å²) >= 11 is 1.81. The van der Waals surface area contributed by atoms with E-state index in [1.54, 1.807) is 0 Å². The van der Waals surface area contributed by atoms with E-state index in [0.29, 0.717) is 6.41 Å². The zero-order chi connectivity index (χ0) is 12.8. The van der Waals surface area contributed by atoms with Gasteiger partial charge in [-0.1, -0.05) is 30.3 Å². The van der Waals surface area contributed by atoms with Gasteiger partial charge in [0.25, 0.3) is 0 Å². The van der Waals surface area contributed by atoms with Crippen LogP contribution in [0.4, 0.5) is 5.69 Å². The van der Waals surface area contributed by atoms with Crippen LogP contribution in [0.2, 0.25) is 0 Å². The van der Waals surface area contributed by atoms with Crippen LogP contribution in [0.1, 0.15) is 11.1 Å². The molecule has 0 aliphatic rings. The molecule has 2 aromatic rings. The molecule has 0 fully saturated rings. The van der Waals surface area contributed by atoms with Crippen LogP contribution in [0, 0.1) is 6.92 Å². The molecule has 0 aliphatic heterocycles. The second kappa shape index (κ2) is 6.26. The molecule has 2 aromatic carbocycles. The first-order valence-corrected chi connectivity index (χ1v) is 6.76. The number of hydrogen-bond donors (Lipinski definition) is 1. The summed E-state index contributed by atoms with van der Waals surface area (Å²) < 4.78 is 0. The number of carbonyl (C=O) groups excluding carboxylic acids is 1. The van der Waals surface area contributed by atoms with Crippen molar-refractivity contribution in [3.63, 3.8) is 0 Å². The first-order valence-electron chi connectivity index (χ1n) is 5.77. The molecular formula is C15H15NOS. The van der Waals surface area contributed by atoms with E-state index < -0.39 is 0 Å². The average Bonchev–Trinajstić information content (AvgIpc) is 2.39. The molecule has 0 radical (unpaired) electrons. The number of carbonyl (C=O) groups is 1. The first kappa shape index (κ1) is 12.7. The highest BCUT2D eigenvalue weighted by Crippen LogP contribution is 2.27. The van der Waals surface area contributed by atoms with Gasteiger partial charge < -0.3 is 5.32 Å². The van der Waals surface area contributed by atoms with E-state index in [0.717, 1.165) is 11.4 Å². The summed E-state index contributed by atoms with van der Waals surface area (Å²) in [5.74, 6) is 0.960. The fourth-order valence-corrected chi connectivity index (χ4v) is 2.67. The number of aryl methyl sites for hydroxylation is 1. The third-order valence-corrected chi connectivity index (χ3v) is 3.88. The monoisotopic (exact) mass is 257 g/mol. The van der Waals surface area contributed by atoms with Crippen molar-refractivity contribution in [1.82, 2.24) is 0 Å². The van der Waals surface area contributed by atoms with E-state index in [1.165, 1.54) is 16.0 Å².